The Labute approximate surface area is 149 Å². The second-order valence-corrected chi connectivity index (χ2v) is 8.78. The van der Waals surface area contributed by atoms with Crippen LogP contribution < -0.4 is 4.74 Å². The molecule has 2 aromatic carbocycles. The van der Waals surface area contributed by atoms with Gasteiger partial charge in [0.25, 0.3) is 10.1 Å². The minimum absolute atomic E-state index is 0.00106. The highest BCUT2D eigenvalue weighted by Gasteiger charge is 2.26. The van der Waals surface area contributed by atoms with E-state index in [0.717, 1.165) is 29.7 Å². The Morgan fingerprint density at radius 2 is 1.88 bits per heavy atom. The average molecular weight is 360 g/mol. The molecule has 0 saturated heterocycles. The summed E-state index contributed by atoms with van der Waals surface area (Å²) < 4.78 is 38.6. The summed E-state index contributed by atoms with van der Waals surface area (Å²) in [5.41, 5.74) is 3.85. The maximum Gasteiger partial charge on any atom is 0.294 e. The van der Waals surface area contributed by atoms with Crippen LogP contribution in [0.2, 0.25) is 0 Å². The normalized spacial score (nSPS) is 16.2. The third-order valence-electron chi connectivity index (χ3n) is 4.68. The van der Waals surface area contributed by atoms with Gasteiger partial charge in [-0.2, -0.15) is 8.42 Å². The molecule has 0 aromatic heterocycles. The molecule has 4 nitrogen and oxygen atoms in total. The summed E-state index contributed by atoms with van der Waals surface area (Å²) in [5, 5.41) is 0. The molecule has 0 unspecified atom stereocenters. The average Bonchev–Trinajstić information content (AvgIpc) is 2.51. The first-order valence-electron chi connectivity index (χ1n) is 8.52. The number of ether oxygens (including phenoxy) is 1. The summed E-state index contributed by atoms with van der Waals surface area (Å²) in [7, 11) is -4.20. The van der Waals surface area contributed by atoms with Crippen molar-refractivity contribution in [1.29, 1.82) is 0 Å². The van der Waals surface area contributed by atoms with Crippen LogP contribution in [0.25, 0.3) is 0 Å². The number of rotatable bonds is 4. The van der Waals surface area contributed by atoms with Crippen molar-refractivity contribution < 1.29 is 17.7 Å². The highest BCUT2D eigenvalue weighted by Crippen LogP contribution is 2.33. The van der Waals surface area contributed by atoms with Crippen LogP contribution in [0.3, 0.4) is 0 Å². The van der Waals surface area contributed by atoms with Crippen molar-refractivity contribution in [2.24, 2.45) is 0 Å². The van der Waals surface area contributed by atoms with E-state index < -0.39 is 10.1 Å². The molecule has 2 aromatic rings. The van der Waals surface area contributed by atoms with Crippen molar-refractivity contribution in [2.45, 2.75) is 57.0 Å². The molecule has 0 spiro atoms. The Kier molecular flexibility index (Phi) is 4.64. The Morgan fingerprint density at radius 1 is 1.12 bits per heavy atom. The molecule has 3 rings (SSSR count). The minimum Gasteiger partial charge on any atom is -0.488 e. The van der Waals surface area contributed by atoms with E-state index in [2.05, 4.69) is 19.9 Å². The second kappa shape index (κ2) is 6.46. The predicted octanol–water partition coefficient (Wildman–Crippen LogP) is 4.13. The number of aryl methyl sites for hydroxylation is 4. The summed E-state index contributed by atoms with van der Waals surface area (Å²) in [4.78, 5) is 0.00106. The van der Waals surface area contributed by atoms with Gasteiger partial charge in [0.05, 0.1) is 4.90 Å². The summed E-state index contributed by atoms with van der Waals surface area (Å²) in [6.07, 6.45) is 3.23. The zero-order valence-electron chi connectivity index (χ0n) is 14.9. The van der Waals surface area contributed by atoms with Crippen LogP contribution in [0, 0.1) is 6.92 Å². The number of benzene rings is 2. The fourth-order valence-electron chi connectivity index (χ4n) is 3.30. The van der Waals surface area contributed by atoms with Crippen LogP contribution in [0.5, 0.6) is 5.75 Å². The summed E-state index contributed by atoms with van der Waals surface area (Å²) in [5.74, 6) is 0.939. The van der Waals surface area contributed by atoms with Crippen molar-refractivity contribution in [2.75, 3.05) is 0 Å². The van der Waals surface area contributed by atoms with Gasteiger partial charge < -0.3 is 4.74 Å². The van der Waals surface area contributed by atoms with Crippen molar-refractivity contribution >= 4 is 10.1 Å². The molecule has 0 aliphatic carbocycles. The van der Waals surface area contributed by atoms with Gasteiger partial charge in [-0.1, -0.05) is 29.8 Å². The molecule has 0 radical (unpaired) electrons. The van der Waals surface area contributed by atoms with Crippen molar-refractivity contribution in [3.8, 4) is 5.75 Å². The van der Waals surface area contributed by atoms with Gasteiger partial charge in [0.2, 0.25) is 0 Å². The molecule has 0 fully saturated rings. The SMILES string of the molecule is Cc1ccc(S(=O)(=O)O)c(CCc2ccc3c(c2)CCC(C)(C)O3)c1. The molecule has 0 bridgehead atoms. The van der Waals surface area contributed by atoms with E-state index in [1.807, 2.05) is 25.1 Å². The molecular weight excluding hydrogens is 336 g/mol. The van der Waals surface area contributed by atoms with E-state index in [0.29, 0.717) is 18.4 Å². The molecule has 5 heteroatoms. The summed E-state index contributed by atoms with van der Waals surface area (Å²) in [6.45, 7) is 6.10. The predicted molar refractivity (Wildman–Crippen MR) is 97.9 cm³/mol. The molecule has 0 atom stereocenters. The van der Waals surface area contributed by atoms with E-state index in [-0.39, 0.29) is 10.5 Å². The quantitative estimate of drug-likeness (QED) is 0.833. The zero-order valence-corrected chi connectivity index (χ0v) is 15.7. The van der Waals surface area contributed by atoms with Crippen LogP contribution in [0.15, 0.2) is 41.3 Å². The lowest BCUT2D eigenvalue weighted by Gasteiger charge is -2.32. The van der Waals surface area contributed by atoms with Crippen molar-refractivity contribution in [3.05, 3.63) is 58.7 Å². The number of hydrogen-bond donors (Lipinski definition) is 1. The fourth-order valence-corrected chi connectivity index (χ4v) is 4.03. The standard InChI is InChI=1S/C20H24O4S/c1-14-4-9-19(25(21,22)23)17(12-14)7-5-15-6-8-18-16(13-15)10-11-20(2,3)24-18/h4,6,8-9,12-13H,5,7,10-11H2,1-3H3,(H,21,22,23). The molecule has 134 valence electrons. The topological polar surface area (TPSA) is 63.6 Å². The zero-order chi connectivity index (χ0) is 18.2. The molecule has 0 saturated carbocycles. The Morgan fingerprint density at radius 3 is 2.60 bits per heavy atom. The van der Waals surface area contributed by atoms with E-state index >= 15 is 0 Å². The highest BCUT2D eigenvalue weighted by atomic mass is 32.2. The first kappa shape index (κ1) is 18.0. The van der Waals surface area contributed by atoms with Gasteiger partial charge >= 0.3 is 0 Å². The van der Waals surface area contributed by atoms with E-state index in [1.165, 1.54) is 11.6 Å². The summed E-state index contributed by atoms with van der Waals surface area (Å²) in [6, 6.07) is 11.2. The Balaban J connectivity index is 1.80. The van der Waals surface area contributed by atoms with Gasteiger partial charge in [0.1, 0.15) is 11.4 Å². The molecule has 1 N–H and O–H groups in total. The van der Waals surface area contributed by atoms with Crippen LogP contribution in [-0.2, 0) is 29.4 Å². The van der Waals surface area contributed by atoms with Crippen LogP contribution in [0.1, 0.15) is 42.5 Å². The maximum atomic E-state index is 11.6. The third kappa shape index (κ3) is 4.22. The van der Waals surface area contributed by atoms with E-state index in [9.17, 15) is 13.0 Å². The van der Waals surface area contributed by atoms with Crippen molar-refractivity contribution in [1.82, 2.24) is 0 Å². The number of hydrogen-bond acceptors (Lipinski definition) is 3. The van der Waals surface area contributed by atoms with E-state index in [4.69, 9.17) is 4.74 Å². The van der Waals surface area contributed by atoms with Crippen LogP contribution in [0.4, 0.5) is 0 Å². The van der Waals surface area contributed by atoms with E-state index in [1.54, 1.807) is 6.07 Å². The van der Waals surface area contributed by atoms with Gasteiger partial charge in [-0.05, 0) is 75.3 Å². The first-order chi connectivity index (χ1) is 11.6. The van der Waals surface area contributed by atoms with Gasteiger partial charge in [-0.3, -0.25) is 4.55 Å². The minimum atomic E-state index is -4.20. The smallest absolute Gasteiger partial charge is 0.294 e. The van der Waals surface area contributed by atoms with Crippen LogP contribution >= 0.6 is 0 Å². The number of fused-ring (bicyclic) bond motifs is 1. The highest BCUT2D eigenvalue weighted by molar-refractivity contribution is 7.85. The second-order valence-electron chi connectivity index (χ2n) is 7.39. The lowest BCUT2D eigenvalue weighted by atomic mass is 9.92. The molecule has 25 heavy (non-hydrogen) atoms. The third-order valence-corrected chi connectivity index (χ3v) is 5.64. The van der Waals surface area contributed by atoms with Gasteiger partial charge in [0.15, 0.2) is 0 Å². The van der Waals surface area contributed by atoms with Gasteiger partial charge in [-0.15, -0.1) is 0 Å². The molecule has 1 heterocycles. The Hall–Kier alpha value is -1.85. The fraction of sp³-hybridized carbons (Fsp3) is 0.400. The largest absolute Gasteiger partial charge is 0.488 e. The molecule has 1 aliphatic rings. The first-order valence-corrected chi connectivity index (χ1v) is 9.96. The van der Waals surface area contributed by atoms with Gasteiger partial charge in [-0.25, -0.2) is 0 Å². The molecule has 0 amide bonds. The lowest BCUT2D eigenvalue weighted by Crippen LogP contribution is -2.32. The summed E-state index contributed by atoms with van der Waals surface area (Å²) >= 11 is 0. The van der Waals surface area contributed by atoms with Gasteiger partial charge in [0, 0.05) is 0 Å². The van der Waals surface area contributed by atoms with Crippen molar-refractivity contribution in [3.63, 3.8) is 0 Å². The molecule has 1 aliphatic heterocycles. The van der Waals surface area contributed by atoms with Crippen LogP contribution in [-0.4, -0.2) is 18.6 Å². The maximum absolute atomic E-state index is 11.6. The molecular formula is C20H24O4S. The Bertz CT molecular complexity index is 898. The lowest BCUT2D eigenvalue weighted by molar-refractivity contribution is 0.0846. The monoisotopic (exact) mass is 360 g/mol.